The second-order valence-electron chi connectivity index (χ2n) is 5.21. The zero-order chi connectivity index (χ0) is 17.1. The Balaban J connectivity index is 2.50. The summed E-state index contributed by atoms with van der Waals surface area (Å²) in [5, 5.41) is 16.6. The number of aromatic nitrogens is 1. The van der Waals surface area contributed by atoms with Crippen LogP contribution in [0.1, 0.15) is 29.8 Å². The second kappa shape index (κ2) is 6.91. The number of aromatic carboxylic acids is 1. The number of thioether (sulfide) groups is 1. The maximum atomic E-state index is 12.4. The third-order valence-electron chi connectivity index (χ3n) is 3.75. The fraction of sp³-hybridized carbons (Fsp3) is 0.400. The predicted molar refractivity (Wildman–Crippen MR) is 93.5 cm³/mol. The van der Waals surface area contributed by atoms with Crippen molar-refractivity contribution in [2.24, 2.45) is 5.73 Å². The van der Waals surface area contributed by atoms with Gasteiger partial charge in [-0.1, -0.05) is 17.8 Å². The number of anilines is 1. The first kappa shape index (κ1) is 17.1. The van der Waals surface area contributed by atoms with Crippen LogP contribution in [-0.4, -0.2) is 39.2 Å². The van der Waals surface area contributed by atoms with E-state index in [9.17, 15) is 14.7 Å². The maximum Gasteiger partial charge on any atom is 0.341 e. The molecule has 23 heavy (non-hydrogen) atoms. The van der Waals surface area contributed by atoms with Crippen LogP contribution in [0.15, 0.2) is 17.1 Å². The van der Waals surface area contributed by atoms with E-state index in [1.807, 2.05) is 24.8 Å². The molecule has 0 aliphatic carbocycles. The topological polar surface area (TPSA) is 112 Å². The molecule has 0 fully saturated rings. The van der Waals surface area contributed by atoms with Crippen molar-refractivity contribution in [3.05, 3.63) is 33.6 Å². The van der Waals surface area contributed by atoms with Crippen LogP contribution in [0, 0.1) is 5.41 Å². The quantitative estimate of drug-likeness (QED) is 0.554. The van der Waals surface area contributed by atoms with Crippen molar-refractivity contribution < 1.29 is 9.90 Å². The number of nitrogens with zero attached hydrogens (tertiary/aromatic N) is 2. The molecule has 124 valence electrons. The highest BCUT2D eigenvalue weighted by molar-refractivity contribution is 8.13. The normalized spacial score (nSPS) is 16.3. The fourth-order valence-corrected chi connectivity index (χ4v) is 3.14. The van der Waals surface area contributed by atoms with Gasteiger partial charge in [0, 0.05) is 31.1 Å². The minimum absolute atomic E-state index is 0.0551. The number of aryl methyl sites for hydroxylation is 1. The van der Waals surface area contributed by atoms with Gasteiger partial charge in [-0.3, -0.25) is 10.2 Å². The average molecular weight is 336 g/mol. The van der Waals surface area contributed by atoms with E-state index in [4.69, 9.17) is 11.1 Å². The van der Waals surface area contributed by atoms with Gasteiger partial charge in [-0.15, -0.1) is 0 Å². The van der Waals surface area contributed by atoms with Gasteiger partial charge >= 0.3 is 5.97 Å². The molecular weight excluding hydrogens is 316 g/mol. The molecular formula is C15H20N4O3S. The third kappa shape index (κ3) is 3.42. The van der Waals surface area contributed by atoms with Crippen molar-refractivity contribution in [2.45, 2.75) is 26.4 Å². The first-order valence-electron chi connectivity index (χ1n) is 7.29. The van der Waals surface area contributed by atoms with E-state index < -0.39 is 11.4 Å². The molecule has 0 amide bonds. The van der Waals surface area contributed by atoms with Crippen molar-refractivity contribution in [3.63, 3.8) is 0 Å². The summed E-state index contributed by atoms with van der Waals surface area (Å²) in [7, 11) is 0. The number of nitrogens with two attached hydrogens (primary N) is 1. The molecule has 0 saturated heterocycles. The molecule has 1 unspecified atom stereocenters. The van der Waals surface area contributed by atoms with Gasteiger partial charge in [0.1, 0.15) is 11.4 Å². The molecule has 1 aliphatic rings. The Kier molecular flexibility index (Phi) is 5.15. The number of pyridine rings is 1. The minimum Gasteiger partial charge on any atom is -0.477 e. The SMILES string of the molecule is CCn1cc(C(=O)O)c(=O)c2c1N(CCSC(=N)N)C(C)C=C2. The van der Waals surface area contributed by atoms with E-state index in [0.717, 1.165) is 5.82 Å². The lowest BCUT2D eigenvalue weighted by atomic mass is 10.0. The summed E-state index contributed by atoms with van der Waals surface area (Å²) in [5.74, 6) is 0.123. The number of amidine groups is 1. The van der Waals surface area contributed by atoms with Gasteiger partial charge in [0.25, 0.3) is 0 Å². The molecule has 0 saturated carbocycles. The van der Waals surface area contributed by atoms with Gasteiger partial charge in [-0.25, -0.2) is 4.79 Å². The van der Waals surface area contributed by atoms with Gasteiger partial charge in [-0.05, 0) is 19.9 Å². The van der Waals surface area contributed by atoms with Crippen molar-refractivity contribution >= 4 is 34.8 Å². The van der Waals surface area contributed by atoms with Crippen molar-refractivity contribution in [1.82, 2.24) is 4.57 Å². The number of hydrogen-bond donors (Lipinski definition) is 3. The van der Waals surface area contributed by atoms with Crippen LogP contribution < -0.4 is 16.1 Å². The van der Waals surface area contributed by atoms with E-state index in [1.165, 1.54) is 18.0 Å². The Morgan fingerprint density at radius 1 is 1.52 bits per heavy atom. The molecule has 8 heteroatoms. The molecule has 0 bridgehead atoms. The van der Waals surface area contributed by atoms with Crippen LogP contribution in [0.3, 0.4) is 0 Å². The highest BCUT2D eigenvalue weighted by Crippen LogP contribution is 2.27. The van der Waals surface area contributed by atoms with Crippen molar-refractivity contribution in [1.29, 1.82) is 5.41 Å². The van der Waals surface area contributed by atoms with E-state index >= 15 is 0 Å². The van der Waals surface area contributed by atoms with E-state index in [-0.39, 0.29) is 16.8 Å². The fourth-order valence-electron chi connectivity index (χ4n) is 2.64. The van der Waals surface area contributed by atoms with Crippen LogP contribution in [0.4, 0.5) is 5.82 Å². The second-order valence-corrected chi connectivity index (χ2v) is 6.34. The summed E-state index contributed by atoms with van der Waals surface area (Å²) in [6.07, 6.45) is 4.99. The zero-order valence-corrected chi connectivity index (χ0v) is 13.9. The van der Waals surface area contributed by atoms with E-state index in [0.29, 0.717) is 24.4 Å². The number of carboxylic acid groups (broad SMARTS) is 1. The molecule has 1 aromatic heterocycles. The molecule has 0 radical (unpaired) electrons. The van der Waals surface area contributed by atoms with Gasteiger partial charge < -0.3 is 20.3 Å². The summed E-state index contributed by atoms with van der Waals surface area (Å²) >= 11 is 1.24. The van der Waals surface area contributed by atoms with Gasteiger partial charge in [-0.2, -0.15) is 0 Å². The lowest BCUT2D eigenvalue weighted by Crippen LogP contribution is -2.40. The first-order valence-corrected chi connectivity index (χ1v) is 8.27. The monoisotopic (exact) mass is 336 g/mol. The largest absolute Gasteiger partial charge is 0.477 e. The molecule has 2 rings (SSSR count). The summed E-state index contributed by atoms with van der Waals surface area (Å²) in [5.41, 5.74) is 5.08. The maximum absolute atomic E-state index is 12.4. The number of carboxylic acids is 1. The Morgan fingerprint density at radius 3 is 2.78 bits per heavy atom. The molecule has 4 N–H and O–H groups in total. The molecule has 7 nitrogen and oxygen atoms in total. The lowest BCUT2D eigenvalue weighted by molar-refractivity contribution is 0.0694. The molecule has 0 aromatic carbocycles. The summed E-state index contributed by atoms with van der Waals surface area (Å²) < 4.78 is 1.79. The van der Waals surface area contributed by atoms with Gasteiger partial charge in [0.15, 0.2) is 5.17 Å². The van der Waals surface area contributed by atoms with Gasteiger partial charge in [0.2, 0.25) is 5.43 Å². The Hall–Kier alpha value is -2.22. The van der Waals surface area contributed by atoms with Crippen molar-refractivity contribution in [2.75, 3.05) is 17.2 Å². The molecule has 1 aliphatic heterocycles. The average Bonchev–Trinajstić information content (AvgIpc) is 2.49. The van der Waals surface area contributed by atoms with Crippen LogP contribution in [0.5, 0.6) is 0 Å². The molecule has 2 heterocycles. The standard InChI is InChI=1S/C15H20N4O3S/c1-3-18-8-11(14(21)22)12(20)10-5-4-9(2)19(13(10)18)6-7-23-15(16)17/h4-5,8-9H,3,6-7H2,1-2H3,(H3,16,17)(H,21,22). The molecule has 0 spiro atoms. The van der Waals surface area contributed by atoms with Crippen molar-refractivity contribution in [3.8, 4) is 0 Å². The summed E-state index contributed by atoms with van der Waals surface area (Å²) in [6.45, 7) is 5.07. The smallest absolute Gasteiger partial charge is 0.341 e. The minimum atomic E-state index is -1.22. The summed E-state index contributed by atoms with van der Waals surface area (Å²) in [6, 6.07) is 0.0722. The molecule has 1 atom stereocenters. The van der Waals surface area contributed by atoms with E-state index in [1.54, 1.807) is 10.6 Å². The molecule has 1 aromatic rings. The number of fused-ring (bicyclic) bond motifs is 1. The number of carbonyl (C=O) groups is 1. The number of hydrogen-bond acceptors (Lipinski definition) is 5. The third-order valence-corrected chi connectivity index (χ3v) is 4.45. The zero-order valence-electron chi connectivity index (χ0n) is 13.1. The van der Waals surface area contributed by atoms with Gasteiger partial charge in [0.05, 0.1) is 5.56 Å². The highest BCUT2D eigenvalue weighted by Gasteiger charge is 2.26. The first-order chi connectivity index (χ1) is 10.9. The van der Waals surface area contributed by atoms with E-state index in [2.05, 4.69) is 0 Å². The number of rotatable bonds is 5. The van der Waals surface area contributed by atoms with Crippen LogP contribution in [0.25, 0.3) is 6.08 Å². The van der Waals surface area contributed by atoms with Crippen LogP contribution in [-0.2, 0) is 6.54 Å². The Labute approximate surface area is 138 Å². The highest BCUT2D eigenvalue weighted by atomic mass is 32.2. The van der Waals surface area contributed by atoms with Crippen LogP contribution in [0.2, 0.25) is 0 Å². The summed E-state index contributed by atoms with van der Waals surface area (Å²) in [4.78, 5) is 25.7. The Bertz CT molecular complexity index is 726. The Morgan fingerprint density at radius 2 is 2.22 bits per heavy atom. The number of nitrogens with one attached hydrogen (secondary N) is 1. The van der Waals surface area contributed by atoms with Crippen LogP contribution >= 0.6 is 11.8 Å². The predicted octanol–water partition coefficient (Wildman–Crippen LogP) is 1.41. The lowest BCUT2D eigenvalue weighted by Gasteiger charge is -2.35.